The smallest absolute Gasteiger partial charge is 0.332 e. The zero-order chi connectivity index (χ0) is 12.6. The Bertz CT molecular complexity index is 537. The number of halogens is 1. The summed E-state index contributed by atoms with van der Waals surface area (Å²) in [7, 11) is 0. The van der Waals surface area contributed by atoms with Gasteiger partial charge in [0.25, 0.3) is 0 Å². The lowest BCUT2D eigenvalue weighted by Gasteiger charge is -2.09. The number of hydrogen-bond donors (Lipinski definition) is 2. The molecule has 0 saturated heterocycles. The second kappa shape index (κ2) is 4.22. The van der Waals surface area contributed by atoms with Gasteiger partial charge in [-0.2, -0.15) is 0 Å². The Balaban J connectivity index is 2.54. The molecule has 0 fully saturated rings. The molecule has 0 aliphatic carbocycles. The molecule has 2 rings (SSSR count). The number of hydrogen-bond acceptors (Lipinski definition) is 2. The Kier molecular flexibility index (Phi) is 2.90. The Morgan fingerprint density at radius 2 is 2.24 bits per heavy atom. The zero-order valence-corrected chi connectivity index (χ0v) is 9.78. The normalized spacial score (nSPS) is 18.8. The first kappa shape index (κ1) is 11.7. The topological polar surface area (TPSA) is 66.4 Å². The van der Waals surface area contributed by atoms with Crippen LogP contribution in [0.25, 0.3) is 0 Å². The van der Waals surface area contributed by atoms with Crippen molar-refractivity contribution in [2.24, 2.45) is 0 Å². The molecule has 1 aliphatic rings. The minimum Gasteiger partial charge on any atom is -0.478 e. The number of anilines is 1. The molecule has 0 saturated carbocycles. The van der Waals surface area contributed by atoms with E-state index in [9.17, 15) is 9.59 Å². The number of carboxylic acid groups (broad SMARTS) is 1. The molecule has 1 amide bonds. The standard InChI is InChI=1S/C12H10ClNO3/c1-2-7(12(16)17)10-8-5-6(13)3-4-9(8)14-11(10)15/h2-5,10H,1H3,(H,14,15)(H,16,17)/b7-2+. The fraction of sp³-hybridized carbons (Fsp3) is 0.167. The molecule has 1 atom stereocenters. The van der Waals surface area contributed by atoms with E-state index in [4.69, 9.17) is 16.7 Å². The van der Waals surface area contributed by atoms with Gasteiger partial charge >= 0.3 is 5.97 Å². The van der Waals surface area contributed by atoms with Crippen molar-refractivity contribution in [2.75, 3.05) is 5.32 Å². The minimum absolute atomic E-state index is 0.0588. The second-order valence-corrected chi connectivity index (χ2v) is 4.14. The summed E-state index contributed by atoms with van der Waals surface area (Å²) in [5.74, 6) is -2.22. The molecule has 1 aromatic carbocycles. The fourth-order valence-electron chi connectivity index (χ4n) is 1.95. The number of nitrogens with one attached hydrogen (secondary N) is 1. The molecular formula is C12H10ClNO3. The molecule has 0 radical (unpaired) electrons. The molecule has 0 bridgehead atoms. The third-order valence-electron chi connectivity index (χ3n) is 2.71. The Labute approximate surface area is 103 Å². The first-order chi connectivity index (χ1) is 8.04. The Morgan fingerprint density at radius 3 is 2.82 bits per heavy atom. The van der Waals surface area contributed by atoms with Crippen LogP contribution >= 0.6 is 11.6 Å². The van der Waals surface area contributed by atoms with Crippen LogP contribution in [0.15, 0.2) is 29.8 Å². The van der Waals surface area contributed by atoms with Gasteiger partial charge in [-0.05, 0) is 30.7 Å². The van der Waals surface area contributed by atoms with Gasteiger partial charge in [-0.1, -0.05) is 17.7 Å². The molecule has 17 heavy (non-hydrogen) atoms. The number of carbonyl (C=O) groups excluding carboxylic acids is 1. The quantitative estimate of drug-likeness (QED) is 0.794. The maximum atomic E-state index is 11.8. The summed E-state index contributed by atoms with van der Waals surface area (Å²) < 4.78 is 0. The van der Waals surface area contributed by atoms with Gasteiger partial charge in [0.2, 0.25) is 5.91 Å². The zero-order valence-electron chi connectivity index (χ0n) is 9.03. The van der Waals surface area contributed by atoms with Crippen molar-refractivity contribution in [3.63, 3.8) is 0 Å². The van der Waals surface area contributed by atoms with E-state index in [-0.39, 0.29) is 11.5 Å². The Morgan fingerprint density at radius 1 is 1.53 bits per heavy atom. The Hall–Kier alpha value is -1.81. The molecule has 4 nitrogen and oxygen atoms in total. The largest absolute Gasteiger partial charge is 0.478 e. The van der Waals surface area contributed by atoms with Gasteiger partial charge in [0, 0.05) is 16.3 Å². The van der Waals surface area contributed by atoms with Gasteiger partial charge in [0.15, 0.2) is 0 Å². The predicted molar refractivity (Wildman–Crippen MR) is 64.2 cm³/mol. The number of fused-ring (bicyclic) bond motifs is 1. The first-order valence-electron chi connectivity index (χ1n) is 5.04. The van der Waals surface area contributed by atoms with Crippen LogP contribution in [0.1, 0.15) is 18.4 Å². The van der Waals surface area contributed by atoms with E-state index < -0.39 is 11.9 Å². The van der Waals surface area contributed by atoms with Gasteiger partial charge in [-0.25, -0.2) is 4.79 Å². The highest BCUT2D eigenvalue weighted by molar-refractivity contribution is 6.31. The van der Waals surface area contributed by atoms with Gasteiger partial charge in [0.1, 0.15) is 0 Å². The third-order valence-corrected chi connectivity index (χ3v) is 2.95. The maximum absolute atomic E-state index is 11.8. The van der Waals surface area contributed by atoms with Crippen molar-refractivity contribution >= 4 is 29.2 Å². The molecule has 88 valence electrons. The molecule has 0 spiro atoms. The number of carboxylic acids is 1. The minimum atomic E-state index is -1.10. The third kappa shape index (κ3) is 1.91. The lowest BCUT2D eigenvalue weighted by atomic mass is 9.92. The molecule has 1 heterocycles. The van der Waals surface area contributed by atoms with E-state index in [1.807, 2.05) is 0 Å². The molecule has 5 heteroatoms. The average molecular weight is 252 g/mol. The molecular weight excluding hydrogens is 242 g/mol. The van der Waals surface area contributed by atoms with Gasteiger partial charge in [-0.3, -0.25) is 4.79 Å². The maximum Gasteiger partial charge on any atom is 0.332 e. The molecule has 1 aromatic rings. The van der Waals surface area contributed by atoms with Crippen LogP contribution in [0.3, 0.4) is 0 Å². The van der Waals surface area contributed by atoms with Crippen molar-refractivity contribution < 1.29 is 14.7 Å². The van der Waals surface area contributed by atoms with Crippen molar-refractivity contribution in [3.8, 4) is 0 Å². The average Bonchev–Trinajstić information content (AvgIpc) is 2.56. The molecule has 0 aromatic heterocycles. The van der Waals surface area contributed by atoms with Crippen LogP contribution in [0.2, 0.25) is 5.02 Å². The monoisotopic (exact) mass is 251 g/mol. The van der Waals surface area contributed by atoms with Crippen molar-refractivity contribution in [3.05, 3.63) is 40.4 Å². The van der Waals surface area contributed by atoms with E-state index in [0.717, 1.165) is 0 Å². The highest BCUT2D eigenvalue weighted by Crippen LogP contribution is 2.38. The molecule has 1 aliphatic heterocycles. The van der Waals surface area contributed by atoms with E-state index in [0.29, 0.717) is 16.3 Å². The second-order valence-electron chi connectivity index (χ2n) is 3.70. The summed E-state index contributed by atoms with van der Waals surface area (Å²) in [4.78, 5) is 22.9. The summed E-state index contributed by atoms with van der Waals surface area (Å²) in [5, 5.41) is 12.2. The van der Waals surface area contributed by atoms with Gasteiger partial charge < -0.3 is 10.4 Å². The lowest BCUT2D eigenvalue weighted by molar-refractivity contribution is -0.134. The number of carbonyl (C=O) groups is 2. The highest BCUT2D eigenvalue weighted by atomic mass is 35.5. The van der Waals surface area contributed by atoms with Crippen LogP contribution < -0.4 is 5.32 Å². The highest BCUT2D eigenvalue weighted by Gasteiger charge is 2.36. The lowest BCUT2D eigenvalue weighted by Crippen LogP contribution is -2.18. The predicted octanol–water partition coefficient (Wildman–Crippen LogP) is 2.41. The van der Waals surface area contributed by atoms with Crippen molar-refractivity contribution in [1.82, 2.24) is 0 Å². The fourth-order valence-corrected chi connectivity index (χ4v) is 2.14. The van der Waals surface area contributed by atoms with E-state index >= 15 is 0 Å². The van der Waals surface area contributed by atoms with Gasteiger partial charge in [0.05, 0.1) is 5.92 Å². The number of aliphatic carboxylic acids is 1. The summed E-state index contributed by atoms with van der Waals surface area (Å²) >= 11 is 5.86. The number of amides is 1. The summed E-state index contributed by atoms with van der Waals surface area (Å²) in [6.45, 7) is 1.60. The number of allylic oxidation sites excluding steroid dienone is 1. The van der Waals surface area contributed by atoms with Crippen molar-refractivity contribution in [2.45, 2.75) is 12.8 Å². The van der Waals surface area contributed by atoms with Crippen molar-refractivity contribution in [1.29, 1.82) is 0 Å². The van der Waals surface area contributed by atoms with Crippen LogP contribution in [0.4, 0.5) is 5.69 Å². The molecule has 1 unspecified atom stereocenters. The molecule has 2 N–H and O–H groups in total. The SMILES string of the molecule is C/C=C(/C(=O)O)C1C(=O)Nc2ccc(Cl)cc21. The van der Waals surface area contributed by atoms with E-state index in [2.05, 4.69) is 5.32 Å². The van der Waals surface area contributed by atoms with Gasteiger partial charge in [-0.15, -0.1) is 0 Å². The van der Waals surface area contributed by atoms with E-state index in [1.54, 1.807) is 25.1 Å². The first-order valence-corrected chi connectivity index (χ1v) is 5.42. The van der Waals surface area contributed by atoms with Crippen LogP contribution in [-0.2, 0) is 9.59 Å². The summed E-state index contributed by atoms with van der Waals surface area (Å²) in [6.07, 6.45) is 1.43. The van der Waals surface area contributed by atoms with Crippen LogP contribution in [-0.4, -0.2) is 17.0 Å². The van der Waals surface area contributed by atoms with Crippen LogP contribution in [0, 0.1) is 0 Å². The van der Waals surface area contributed by atoms with Crippen LogP contribution in [0.5, 0.6) is 0 Å². The summed E-state index contributed by atoms with van der Waals surface area (Å²) in [6, 6.07) is 4.94. The summed E-state index contributed by atoms with van der Waals surface area (Å²) in [5.41, 5.74) is 1.28. The number of rotatable bonds is 2. The number of benzene rings is 1. The van der Waals surface area contributed by atoms with E-state index in [1.165, 1.54) is 6.08 Å².